The average molecular weight is 466 g/mol. The molecule has 0 heterocycles. The molecular formula is C24H20BrNO4. The Bertz CT molecular complexity index is 1090. The summed E-state index contributed by atoms with van der Waals surface area (Å²) in [5, 5.41) is 11.9. The molecule has 1 amide bonds. The van der Waals surface area contributed by atoms with E-state index < -0.39 is 11.9 Å². The lowest BCUT2D eigenvalue weighted by molar-refractivity contribution is -0.132. The molecule has 0 aliphatic carbocycles. The Morgan fingerprint density at radius 3 is 2.43 bits per heavy atom. The van der Waals surface area contributed by atoms with Gasteiger partial charge in [-0.2, -0.15) is 0 Å². The third kappa shape index (κ3) is 5.81. The molecule has 0 bridgehead atoms. The predicted molar refractivity (Wildman–Crippen MR) is 119 cm³/mol. The molecule has 0 saturated carbocycles. The van der Waals surface area contributed by atoms with Crippen LogP contribution in [0.3, 0.4) is 0 Å². The van der Waals surface area contributed by atoms with E-state index in [4.69, 9.17) is 4.74 Å². The van der Waals surface area contributed by atoms with Crippen molar-refractivity contribution in [2.24, 2.45) is 0 Å². The normalized spacial score (nSPS) is 11.1. The Morgan fingerprint density at radius 2 is 1.77 bits per heavy atom. The van der Waals surface area contributed by atoms with Crippen LogP contribution in [0.5, 0.6) is 5.75 Å². The summed E-state index contributed by atoms with van der Waals surface area (Å²) in [5.74, 6) is -1.06. The lowest BCUT2D eigenvalue weighted by Crippen LogP contribution is -2.27. The molecule has 3 aromatic rings. The number of aliphatic carboxylic acids is 1. The van der Waals surface area contributed by atoms with Gasteiger partial charge < -0.3 is 15.2 Å². The lowest BCUT2D eigenvalue weighted by Gasteiger charge is -2.09. The number of aryl methyl sites for hydroxylation is 1. The van der Waals surface area contributed by atoms with E-state index in [0.29, 0.717) is 28.0 Å². The third-order valence-electron chi connectivity index (χ3n) is 4.28. The Labute approximate surface area is 183 Å². The smallest absolute Gasteiger partial charge is 0.352 e. The number of hydrogen-bond acceptors (Lipinski definition) is 3. The maximum Gasteiger partial charge on any atom is 0.352 e. The summed E-state index contributed by atoms with van der Waals surface area (Å²) >= 11 is 3.29. The molecule has 6 heteroatoms. The minimum absolute atomic E-state index is 0.218. The third-order valence-corrected chi connectivity index (χ3v) is 4.97. The molecule has 0 atom stereocenters. The Morgan fingerprint density at radius 1 is 1.03 bits per heavy atom. The van der Waals surface area contributed by atoms with Crippen molar-refractivity contribution in [3.63, 3.8) is 0 Å². The second-order valence-corrected chi connectivity index (χ2v) is 7.50. The Kier molecular flexibility index (Phi) is 7.03. The molecule has 0 aliphatic heterocycles. The summed E-state index contributed by atoms with van der Waals surface area (Å²) < 4.78 is 6.36. The number of halogens is 1. The highest BCUT2D eigenvalue weighted by Gasteiger charge is 2.15. The molecule has 0 aliphatic rings. The average Bonchev–Trinajstić information content (AvgIpc) is 2.73. The summed E-state index contributed by atoms with van der Waals surface area (Å²) in [6, 6.07) is 21.9. The summed E-state index contributed by atoms with van der Waals surface area (Å²) in [5.41, 5.74) is 3.00. The van der Waals surface area contributed by atoms with Crippen LogP contribution >= 0.6 is 15.9 Å². The Hall–Kier alpha value is -3.38. The molecule has 0 radical (unpaired) electrons. The largest absolute Gasteiger partial charge is 0.489 e. The Balaban J connectivity index is 1.69. The van der Waals surface area contributed by atoms with E-state index in [0.717, 1.165) is 5.56 Å². The van der Waals surface area contributed by atoms with Gasteiger partial charge in [-0.3, -0.25) is 4.79 Å². The molecule has 0 saturated heterocycles. The first-order valence-electron chi connectivity index (χ1n) is 9.21. The van der Waals surface area contributed by atoms with Gasteiger partial charge in [0.2, 0.25) is 0 Å². The predicted octanol–water partition coefficient (Wildman–Crippen LogP) is 5.19. The van der Waals surface area contributed by atoms with Crippen molar-refractivity contribution in [3.8, 4) is 5.75 Å². The molecule has 0 fully saturated rings. The van der Waals surface area contributed by atoms with Crippen LogP contribution in [-0.4, -0.2) is 17.0 Å². The van der Waals surface area contributed by atoms with Crippen LogP contribution in [0.4, 0.5) is 0 Å². The van der Waals surface area contributed by atoms with Gasteiger partial charge in [0.15, 0.2) is 0 Å². The molecule has 30 heavy (non-hydrogen) atoms. The van der Waals surface area contributed by atoms with E-state index in [9.17, 15) is 14.7 Å². The minimum atomic E-state index is -1.23. The molecule has 0 aromatic heterocycles. The number of carbonyl (C=O) groups excluding carboxylic acids is 1. The van der Waals surface area contributed by atoms with E-state index in [2.05, 4.69) is 27.3 Å². The first-order chi connectivity index (χ1) is 14.4. The number of benzene rings is 3. The van der Waals surface area contributed by atoms with Crippen LogP contribution in [0, 0.1) is 6.92 Å². The van der Waals surface area contributed by atoms with Gasteiger partial charge in [0, 0.05) is 4.47 Å². The number of carbonyl (C=O) groups is 2. The number of carboxylic acids is 1. The van der Waals surface area contributed by atoms with E-state index >= 15 is 0 Å². The first-order valence-corrected chi connectivity index (χ1v) is 10.0. The van der Waals surface area contributed by atoms with E-state index in [1.54, 1.807) is 48.5 Å². The van der Waals surface area contributed by atoms with Crippen molar-refractivity contribution in [2.45, 2.75) is 13.5 Å². The second kappa shape index (κ2) is 9.89. The highest BCUT2D eigenvalue weighted by atomic mass is 79.9. The zero-order chi connectivity index (χ0) is 21.5. The fraction of sp³-hybridized carbons (Fsp3) is 0.0833. The fourth-order valence-electron chi connectivity index (χ4n) is 2.78. The van der Waals surface area contributed by atoms with Gasteiger partial charge in [-0.1, -0.05) is 54.1 Å². The van der Waals surface area contributed by atoms with Crippen LogP contribution in [0.15, 0.2) is 83.0 Å². The van der Waals surface area contributed by atoms with Crippen molar-refractivity contribution in [3.05, 3.63) is 105 Å². The lowest BCUT2D eigenvalue weighted by atomic mass is 10.1. The molecule has 2 N–H and O–H groups in total. The SMILES string of the molecule is Cc1cccc(COc2ccc(C=C(NC(=O)c3ccccc3Br)C(=O)O)cc2)c1. The summed E-state index contributed by atoms with van der Waals surface area (Å²) in [6.07, 6.45) is 1.40. The molecule has 3 aromatic carbocycles. The molecule has 5 nitrogen and oxygen atoms in total. The van der Waals surface area contributed by atoms with Crippen LogP contribution in [0.2, 0.25) is 0 Å². The van der Waals surface area contributed by atoms with Crippen molar-refractivity contribution in [1.29, 1.82) is 0 Å². The number of nitrogens with one attached hydrogen (secondary N) is 1. The molecule has 3 rings (SSSR count). The van der Waals surface area contributed by atoms with Crippen LogP contribution in [0.1, 0.15) is 27.0 Å². The maximum atomic E-state index is 12.4. The molecule has 0 spiro atoms. The van der Waals surface area contributed by atoms with Crippen molar-refractivity contribution < 1.29 is 19.4 Å². The highest BCUT2D eigenvalue weighted by molar-refractivity contribution is 9.10. The molecular weight excluding hydrogens is 446 g/mol. The maximum absolute atomic E-state index is 12.4. The van der Waals surface area contributed by atoms with Gasteiger partial charge in [0.1, 0.15) is 18.1 Å². The van der Waals surface area contributed by atoms with Crippen molar-refractivity contribution >= 4 is 33.9 Å². The van der Waals surface area contributed by atoms with E-state index in [1.165, 1.54) is 11.6 Å². The van der Waals surface area contributed by atoms with Gasteiger partial charge in [-0.25, -0.2) is 4.79 Å². The zero-order valence-electron chi connectivity index (χ0n) is 16.3. The van der Waals surface area contributed by atoms with Crippen LogP contribution in [0.25, 0.3) is 6.08 Å². The second-order valence-electron chi connectivity index (χ2n) is 6.64. The van der Waals surface area contributed by atoms with Gasteiger partial charge in [0.05, 0.1) is 5.56 Å². The summed E-state index contributed by atoms with van der Waals surface area (Å²) in [4.78, 5) is 24.0. The number of rotatable bonds is 7. The van der Waals surface area contributed by atoms with Gasteiger partial charge in [-0.05, 0) is 64.3 Å². The van der Waals surface area contributed by atoms with Crippen LogP contribution < -0.4 is 10.1 Å². The number of amides is 1. The monoisotopic (exact) mass is 465 g/mol. The van der Waals surface area contributed by atoms with Crippen molar-refractivity contribution in [1.82, 2.24) is 5.32 Å². The van der Waals surface area contributed by atoms with Gasteiger partial charge in [0.25, 0.3) is 5.91 Å². The number of ether oxygens (including phenoxy) is 1. The van der Waals surface area contributed by atoms with Crippen LogP contribution in [-0.2, 0) is 11.4 Å². The minimum Gasteiger partial charge on any atom is -0.489 e. The van der Waals surface area contributed by atoms with E-state index in [1.807, 2.05) is 25.1 Å². The quantitative estimate of drug-likeness (QED) is 0.470. The highest BCUT2D eigenvalue weighted by Crippen LogP contribution is 2.18. The van der Waals surface area contributed by atoms with E-state index in [-0.39, 0.29) is 5.70 Å². The first kappa shape index (κ1) is 21.3. The standard InChI is InChI=1S/C24H20BrNO4/c1-16-5-4-6-18(13-16)15-30-19-11-9-17(10-12-19)14-22(24(28)29)26-23(27)20-7-2-3-8-21(20)25/h2-14H,15H2,1H3,(H,26,27)(H,28,29). The fourth-order valence-corrected chi connectivity index (χ4v) is 3.25. The van der Waals surface area contributed by atoms with Gasteiger partial charge in [-0.15, -0.1) is 0 Å². The molecule has 152 valence electrons. The molecule has 0 unspecified atom stereocenters. The number of hydrogen-bond donors (Lipinski definition) is 2. The van der Waals surface area contributed by atoms with Gasteiger partial charge >= 0.3 is 5.97 Å². The topological polar surface area (TPSA) is 75.6 Å². The summed E-state index contributed by atoms with van der Waals surface area (Å²) in [6.45, 7) is 2.47. The summed E-state index contributed by atoms with van der Waals surface area (Å²) in [7, 11) is 0. The number of carboxylic acid groups (broad SMARTS) is 1. The zero-order valence-corrected chi connectivity index (χ0v) is 17.8. The van der Waals surface area contributed by atoms with Crippen molar-refractivity contribution in [2.75, 3.05) is 0 Å².